The second-order valence-corrected chi connectivity index (χ2v) is 2.34. The Labute approximate surface area is 62.2 Å². The summed E-state index contributed by atoms with van der Waals surface area (Å²) in [7, 11) is 0. The third-order valence-corrected chi connectivity index (χ3v) is 1.04. The Morgan fingerprint density at radius 3 is 2.50 bits per heavy atom. The fraction of sp³-hybridized carbons (Fsp3) is 0.500. The number of amidine groups is 1. The lowest BCUT2D eigenvalue weighted by molar-refractivity contribution is 0.866. The Kier molecular flexibility index (Phi) is 4.46. The molecule has 2 nitrogen and oxygen atoms in total. The number of aliphatic imine (C=N–C) groups is 1. The van der Waals surface area contributed by atoms with Gasteiger partial charge in [-0.15, -0.1) is 0 Å². The molecule has 0 amide bonds. The van der Waals surface area contributed by atoms with E-state index in [0.717, 1.165) is 0 Å². The van der Waals surface area contributed by atoms with Crippen LogP contribution < -0.4 is 0 Å². The van der Waals surface area contributed by atoms with E-state index in [0.29, 0.717) is 5.84 Å². The van der Waals surface area contributed by atoms with Crippen LogP contribution in [0.5, 0.6) is 0 Å². The zero-order valence-electron chi connectivity index (χ0n) is 6.76. The van der Waals surface area contributed by atoms with E-state index in [2.05, 4.69) is 4.99 Å². The average Bonchev–Trinajstić information content (AvgIpc) is 1.88. The first kappa shape index (κ1) is 9.08. The molecule has 0 saturated heterocycles. The van der Waals surface area contributed by atoms with Crippen molar-refractivity contribution >= 4 is 12.1 Å². The molecule has 0 aromatic rings. The Hall–Kier alpha value is -0.920. The van der Waals surface area contributed by atoms with Crippen LogP contribution in [0.15, 0.2) is 17.1 Å². The fourth-order valence-electron chi connectivity index (χ4n) is 0.358. The molecule has 0 aliphatic heterocycles. The number of hydrogen-bond acceptors (Lipinski definition) is 1. The summed E-state index contributed by atoms with van der Waals surface area (Å²) in [4.78, 5) is 3.88. The first-order valence-corrected chi connectivity index (χ1v) is 3.42. The zero-order chi connectivity index (χ0) is 7.98. The van der Waals surface area contributed by atoms with E-state index in [1.54, 1.807) is 6.21 Å². The largest absolute Gasteiger partial charge is 0.286 e. The number of nitrogens with one attached hydrogen (secondary N) is 1. The lowest BCUT2D eigenvalue weighted by Gasteiger charge is -1.97. The molecule has 56 valence electrons. The maximum atomic E-state index is 7.29. The minimum Gasteiger partial charge on any atom is -0.286 e. The highest BCUT2D eigenvalue weighted by Crippen LogP contribution is 1.94. The van der Waals surface area contributed by atoms with E-state index in [4.69, 9.17) is 5.41 Å². The predicted octanol–water partition coefficient (Wildman–Crippen LogP) is 2.27. The van der Waals surface area contributed by atoms with Gasteiger partial charge in [0, 0.05) is 12.1 Å². The number of nitrogens with zero attached hydrogens (tertiary/aromatic N) is 1. The summed E-state index contributed by atoms with van der Waals surface area (Å²) in [5, 5.41) is 7.29. The predicted molar refractivity (Wildman–Crippen MR) is 45.9 cm³/mol. The lowest BCUT2D eigenvalue weighted by atomic mass is 10.2. The van der Waals surface area contributed by atoms with Crippen molar-refractivity contribution in [2.24, 2.45) is 10.9 Å². The third-order valence-electron chi connectivity index (χ3n) is 1.04. The normalized spacial score (nSPS) is 12.0. The zero-order valence-corrected chi connectivity index (χ0v) is 6.76. The van der Waals surface area contributed by atoms with E-state index < -0.39 is 0 Å². The molecule has 0 aliphatic rings. The molecule has 0 aliphatic carbocycles. The van der Waals surface area contributed by atoms with E-state index in [-0.39, 0.29) is 5.92 Å². The first-order valence-electron chi connectivity index (χ1n) is 3.42. The number of hydrogen-bond donors (Lipinski definition) is 1. The lowest BCUT2D eigenvalue weighted by Crippen LogP contribution is -2.01. The van der Waals surface area contributed by atoms with Crippen molar-refractivity contribution in [1.82, 2.24) is 0 Å². The second kappa shape index (κ2) is 4.91. The molecule has 10 heavy (non-hydrogen) atoms. The van der Waals surface area contributed by atoms with Gasteiger partial charge in [0.25, 0.3) is 0 Å². The van der Waals surface area contributed by atoms with Crippen LogP contribution in [0.3, 0.4) is 0 Å². The molecule has 0 atom stereocenters. The molecular weight excluding hydrogens is 124 g/mol. The molecule has 0 rings (SSSR count). The van der Waals surface area contributed by atoms with Gasteiger partial charge in [-0.1, -0.05) is 19.9 Å². The van der Waals surface area contributed by atoms with Gasteiger partial charge >= 0.3 is 0 Å². The summed E-state index contributed by atoms with van der Waals surface area (Å²) in [6.45, 7) is 5.83. The standard InChI is InChI=1S/C8H14N2/c1-4-5-6-10-8(9)7(2)3/h4-7,9H,1-3H3/b5-4-,9-8?,10-6?. The molecule has 0 fully saturated rings. The maximum absolute atomic E-state index is 7.29. The van der Waals surface area contributed by atoms with Crippen LogP contribution in [0.25, 0.3) is 0 Å². The molecule has 1 N–H and O–H groups in total. The highest BCUT2D eigenvalue weighted by molar-refractivity contribution is 5.91. The summed E-state index contributed by atoms with van der Waals surface area (Å²) in [5.41, 5.74) is 0. The van der Waals surface area contributed by atoms with Crippen molar-refractivity contribution in [3.05, 3.63) is 12.2 Å². The van der Waals surface area contributed by atoms with Crippen LogP contribution in [0.2, 0.25) is 0 Å². The van der Waals surface area contributed by atoms with Gasteiger partial charge < -0.3 is 0 Å². The maximum Gasteiger partial charge on any atom is 0.122 e. The minimum atomic E-state index is 0.224. The Morgan fingerprint density at radius 1 is 1.50 bits per heavy atom. The van der Waals surface area contributed by atoms with Crippen LogP contribution in [-0.4, -0.2) is 12.1 Å². The van der Waals surface area contributed by atoms with E-state index in [9.17, 15) is 0 Å². The molecule has 0 heterocycles. The van der Waals surface area contributed by atoms with Crippen molar-refractivity contribution < 1.29 is 0 Å². The first-order chi connectivity index (χ1) is 4.68. The van der Waals surface area contributed by atoms with Gasteiger partial charge in [-0.25, -0.2) is 4.99 Å². The van der Waals surface area contributed by atoms with Crippen LogP contribution in [0.4, 0.5) is 0 Å². The van der Waals surface area contributed by atoms with Gasteiger partial charge in [0.2, 0.25) is 0 Å². The topological polar surface area (TPSA) is 36.2 Å². The second-order valence-electron chi connectivity index (χ2n) is 2.34. The fourth-order valence-corrected chi connectivity index (χ4v) is 0.358. The van der Waals surface area contributed by atoms with Gasteiger partial charge in [-0.2, -0.15) is 0 Å². The molecule has 0 radical (unpaired) electrons. The summed E-state index contributed by atoms with van der Waals surface area (Å²) >= 11 is 0. The Bertz CT molecular complexity index is 155. The molecule has 0 aromatic heterocycles. The van der Waals surface area contributed by atoms with Gasteiger partial charge in [-0.05, 0) is 13.0 Å². The van der Waals surface area contributed by atoms with Crippen molar-refractivity contribution in [3.8, 4) is 0 Å². The van der Waals surface area contributed by atoms with Crippen molar-refractivity contribution in [2.75, 3.05) is 0 Å². The highest BCUT2D eigenvalue weighted by Gasteiger charge is 1.96. The number of rotatable bonds is 2. The van der Waals surface area contributed by atoms with Gasteiger partial charge in [-0.3, -0.25) is 5.41 Å². The van der Waals surface area contributed by atoms with Crippen molar-refractivity contribution in [1.29, 1.82) is 5.41 Å². The molecule has 0 saturated carbocycles. The molecule has 0 aromatic carbocycles. The third kappa shape index (κ3) is 4.01. The quantitative estimate of drug-likeness (QED) is 0.449. The SMILES string of the molecule is C/C=C\C=NC(=N)C(C)C. The summed E-state index contributed by atoms with van der Waals surface area (Å²) < 4.78 is 0. The summed E-state index contributed by atoms with van der Waals surface area (Å²) in [6.07, 6.45) is 5.34. The molecule has 0 spiro atoms. The minimum absolute atomic E-state index is 0.224. The van der Waals surface area contributed by atoms with Crippen molar-refractivity contribution in [2.45, 2.75) is 20.8 Å². The Balaban J connectivity index is 3.78. The highest BCUT2D eigenvalue weighted by atomic mass is 14.8. The average molecular weight is 138 g/mol. The molecule has 0 bridgehead atoms. The molecule has 0 unspecified atom stereocenters. The summed E-state index contributed by atoms with van der Waals surface area (Å²) in [6, 6.07) is 0. The van der Waals surface area contributed by atoms with E-state index in [1.807, 2.05) is 32.9 Å². The van der Waals surface area contributed by atoms with Crippen LogP contribution >= 0.6 is 0 Å². The van der Waals surface area contributed by atoms with Crippen LogP contribution in [-0.2, 0) is 0 Å². The van der Waals surface area contributed by atoms with Crippen LogP contribution in [0.1, 0.15) is 20.8 Å². The molecular formula is C8H14N2. The van der Waals surface area contributed by atoms with Gasteiger partial charge in [0.05, 0.1) is 0 Å². The number of allylic oxidation sites excluding steroid dienone is 2. The van der Waals surface area contributed by atoms with Crippen LogP contribution in [0, 0.1) is 11.3 Å². The van der Waals surface area contributed by atoms with E-state index >= 15 is 0 Å². The van der Waals surface area contributed by atoms with Gasteiger partial charge in [0.15, 0.2) is 0 Å². The smallest absolute Gasteiger partial charge is 0.122 e. The Morgan fingerprint density at radius 2 is 2.10 bits per heavy atom. The van der Waals surface area contributed by atoms with Gasteiger partial charge in [0.1, 0.15) is 5.84 Å². The molecule has 2 heteroatoms. The van der Waals surface area contributed by atoms with E-state index in [1.165, 1.54) is 0 Å². The monoisotopic (exact) mass is 138 g/mol. The van der Waals surface area contributed by atoms with Crippen molar-refractivity contribution in [3.63, 3.8) is 0 Å². The summed E-state index contributed by atoms with van der Waals surface area (Å²) in [5.74, 6) is 0.652.